The number of guanidine groups is 1. The Morgan fingerprint density at radius 3 is 2.48 bits per heavy atom. The topological polar surface area (TPSA) is 50.2 Å². The summed E-state index contributed by atoms with van der Waals surface area (Å²) < 4.78 is 0. The second-order valence-electron chi connectivity index (χ2n) is 8.04. The number of aliphatic imine (C=N–C) groups is 1. The fourth-order valence-electron chi connectivity index (χ4n) is 4.21. The number of nitrogens with one attached hydrogen (secondary N) is 1. The number of nitrogens with zero attached hydrogens (tertiary/aromatic N) is 6. The van der Waals surface area contributed by atoms with Crippen molar-refractivity contribution in [2.24, 2.45) is 4.99 Å². The summed E-state index contributed by atoms with van der Waals surface area (Å²) in [6.07, 6.45) is 1.93. The van der Waals surface area contributed by atoms with Crippen LogP contribution in [-0.4, -0.2) is 86.2 Å². The van der Waals surface area contributed by atoms with Crippen LogP contribution < -0.4 is 15.1 Å². The van der Waals surface area contributed by atoms with Crippen LogP contribution in [0.2, 0.25) is 0 Å². The standard InChI is InChI=1S/C23H35N7S/c1-3-24-23(30-15-13-29(14-16-30)22-6-5-17-31-22)26-19-20-7-8-25-21(18-20)28-11-9-27(4-2)10-12-28/h5-8,17-18H,3-4,9-16,19H2,1-2H3,(H,24,26). The summed E-state index contributed by atoms with van der Waals surface area (Å²) >= 11 is 1.82. The lowest BCUT2D eigenvalue weighted by atomic mass is 10.2. The minimum atomic E-state index is 0.678. The number of thiophene rings is 1. The van der Waals surface area contributed by atoms with Gasteiger partial charge in [0.2, 0.25) is 0 Å². The normalized spacial score (nSPS) is 18.5. The van der Waals surface area contributed by atoms with E-state index in [1.165, 1.54) is 10.6 Å². The van der Waals surface area contributed by atoms with Crippen LogP contribution >= 0.6 is 11.3 Å². The molecule has 0 spiro atoms. The zero-order chi connectivity index (χ0) is 21.5. The second-order valence-corrected chi connectivity index (χ2v) is 8.97. The van der Waals surface area contributed by atoms with E-state index >= 15 is 0 Å². The molecule has 0 aliphatic carbocycles. The SMILES string of the molecule is CCNC(=NCc1ccnc(N2CCN(CC)CC2)c1)N1CCN(c2cccs2)CC1. The maximum absolute atomic E-state index is 4.97. The zero-order valence-corrected chi connectivity index (χ0v) is 19.7. The maximum atomic E-state index is 4.97. The van der Waals surface area contributed by atoms with Crippen LogP contribution in [0.5, 0.6) is 0 Å². The summed E-state index contributed by atoms with van der Waals surface area (Å²) in [7, 11) is 0. The van der Waals surface area contributed by atoms with E-state index in [1.807, 2.05) is 17.5 Å². The van der Waals surface area contributed by atoms with Crippen molar-refractivity contribution in [3.8, 4) is 0 Å². The van der Waals surface area contributed by atoms with Crippen molar-refractivity contribution in [3.05, 3.63) is 41.4 Å². The molecule has 0 amide bonds. The molecule has 2 aromatic rings. The van der Waals surface area contributed by atoms with Gasteiger partial charge in [0.25, 0.3) is 0 Å². The molecule has 168 valence electrons. The molecule has 0 saturated carbocycles. The Bertz CT molecular complexity index is 822. The molecule has 2 saturated heterocycles. The molecule has 0 unspecified atom stereocenters. The van der Waals surface area contributed by atoms with E-state index in [2.05, 4.69) is 73.4 Å². The Balaban J connectivity index is 1.36. The van der Waals surface area contributed by atoms with E-state index < -0.39 is 0 Å². The van der Waals surface area contributed by atoms with Crippen LogP contribution in [0.3, 0.4) is 0 Å². The highest BCUT2D eigenvalue weighted by Gasteiger charge is 2.20. The Morgan fingerprint density at radius 1 is 1.03 bits per heavy atom. The molecule has 31 heavy (non-hydrogen) atoms. The highest BCUT2D eigenvalue weighted by Crippen LogP contribution is 2.22. The smallest absolute Gasteiger partial charge is 0.194 e. The van der Waals surface area contributed by atoms with Crippen LogP contribution in [0.25, 0.3) is 0 Å². The molecule has 2 fully saturated rings. The molecular formula is C23H35N7S. The third-order valence-electron chi connectivity index (χ3n) is 6.10. The summed E-state index contributed by atoms with van der Waals surface area (Å²) in [4.78, 5) is 19.3. The van der Waals surface area contributed by atoms with Gasteiger partial charge in [-0.05, 0) is 48.7 Å². The van der Waals surface area contributed by atoms with E-state index in [9.17, 15) is 0 Å². The van der Waals surface area contributed by atoms with Crippen LogP contribution in [0.1, 0.15) is 19.4 Å². The lowest BCUT2D eigenvalue weighted by Gasteiger charge is -2.37. The lowest BCUT2D eigenvalue weighted by Crippen LogP contribution is -2.52. The highest BCUT2D eigenvalue weighted by molar-refractivity contribution is 7.14. The van der Waals surface area contributed by atoms with Gasteiger partial charge in [0.15, 0.2) is 5.96 Å². The molecular weight excluding hydrogens is 406 g/mol. The predicted octanol–water partition coefficient (Wildman–Crippen LogP) is 2.57. The number of hydrogen-bond acceptors (Lipinski definition) is 6. The molecule has 0 bridgehead atoms. The van der Waals surface area contributed by atoms with E-state index in [0.29, 0.717) is 6.54 Å². The Morgan fingerprint density at radius 2 is 1.81 bits per heavy atom. The summed E-state index contributed by atoms with van der Waals surface area (Å²) in [6, 6.07) is 8.64. The number of pyridine rings is 1. The van der Waals surface area contributed by atoms with Gasteiger partial charge in [-0.3, -0.25) is 0 Å². The quantitative estimate of drug-likeness (QED) is 0.549. The Labute approximate surface area is 190 Å². The van der Waals surface area contributed by atoms with Crippen LogP contribution in [0.15, 0.2) is 40.8 Å². The van der Waals surface area contributed by atoms with Crippen molar-refractivity contribution < 1.29 is 0 Å². The van der Waals surface area contributed by atoms with Crippen LogP contribution in [0.4, 0.5) is 10.8 Å². The van der Waals surface area contributed by atoms with Crippen molar-refractivity contribution in [1.82, 2.24) is 20.1 Å². The molecule has 0 aromatic carbocycles. The van der Waals surface area contributed by atoms with Gasteiger partial charge in [-0.25, -0.2) is 9.98 Å². The molecule has 2 aliphatic heterocycles. The largest absolute Gasteiger partial charge is 0.360 e. The van der Waals surface area contributed by atoms with E-state index in [4.69, 9.17) is 4.99 Å². The first-order valence-electron chi connectivity index (χ1n) is 11.5. The van der Waals surface area contributed by atoms with Gasteiger partial charge in [0, 0.05) is 65.1 Å². The van der Waals surface area contributed by atoms with Gasteiger partial charge in [0.1, 0.15) is 5.82 Å². The molecule has 7 nitrogen and oxygen atoms in total. The summed E-state index contributed by atoms with van der Waals surface area (Å²) in [6.45, 7) is 15.4. The van der Waals surface area contributed by atoms with Gasteiger partial charge >= 0.3 is 0 Å². The third kappa shape index (κ3) is 5.68. The number of piperazine rings is 2. The molecule has 4 heterocycles. The molecule has 0 radical (unpaired) electrons. The van der Waals surface area contributed by atoms with Gasteiger partial charge in [0.05, 0.1) is 11.5 Å². The number of likely N-dealkylation sites (N-methyl/N-ethyl adjacent to an activating group) is 1. The number of hydrogen-bond donors (Lipinski definition) is 1. The minimum Gasteiger partial charge on any atom is -0.360 e. The molecule has 2 aromatic heterocycles. The Kier molecular flexibility index (Phi) is 7.64. The van der Waals surface area contributed by atoms with E-state index in [0.717, 1.165) is 77.2 Å². The number of aromatic nitrogens is 1. The van der Waals surface area contributed by atoms with E-state index in [1.54, 1.807) is 0 Å². The summed E-state index contributed by atoms with van der Waals surface area (Å²) in [5.41, 5.74) is 1.22. The van der Waals surface area contributed by atoms with Crippen molar-refractivity contribution in [2.45, 2.75) is 20.4 Å². The third-order valence-corrected chi connectivity index (χ3v) is 7.03. The maximum Gasteiger partial charge on any atom is 0.194 e. The summed E-state index contributed by atoms with van der Waals surface area (Å²) in [5, 5.41) is 7.01. The minimum absolute atomic E-state index is 0.678. The lowest BCUT2D eigenvalue weighted by molar-refractivity contribution is 0.270. The average molecular weight is 442 g/mol. The van der Waals surface area contributed by atoms with Gasteiger partial charge in [-0.2, -0.15) is 0 Å². The van der Waals surface area contributed by atoms with Crippen molar-refractivity contribution >= 4 is 28.1 Å². The molecule has 4 rings (SSSR count). The molecule has 8 heteroatoms. The van der Waals surface area contributed by atoms with Crippen molar-refractivity contribution in [3.63, 3.8) is 0 Å². The average Bonchev–Trinajstić information content (AvgIpc) is 3.37. The predicted molar refractivity (Wildman–Crippen MR) is 131 cm³/mol. The van der Waals surface area contributed by atoms with Crippen molar-refractivity contribution in [1.29, 1.82) is 0 Å². The Hall–Kier alpha value is -2.32. The monoisotopic (exact) mass is 441 g/mol. The first-order chi connectivity index (χ1) is 15.3. The number of rotatable bonds is 6. The van der Waals surface area contributed by atoms with Crippen LogP contribution in [0, 0.1) is 0 Å². The van der Waals surface area contributed by atoms with Crippen LogP contribution in [-0.2, 0) is 6.54 Å². The molecule has 1 N–H and O–H groups in total. The fourth-order valence-corrected chi connectivity index (χ4v) is 4.99. The van der Waals surface area contributed by atoms with Crippen molar-refractivity contribution in [2.75, 3.05) is 75.2 Å². The first-order valence-corrected chi connectivity index (χ1v) is 12.4. The van der Waals surface area contributed by atoms with Gasteiger partial charge in [-0.15, -0.1) is 11.3 Å². The number of anilines is 2. The van der Waals surface area contributed by atoms with Gasteiger partial charge in [-0.1, -0.05) is 6.92 Å². The summed E-state index contributed by atoms with van der Waals surface area (Å²) in [5.74, 6) is 2.10. The molecule has 2 aliphatic rings. The zero-order valence-electron chi connectivity index (χ0n) is 18.8. The second kappa shape index (κ2) is 10.8. The van der Waals surface area contributed by atoms with Gasteiger partial charge < -0.3 is 24.9 Å². The first kappa shape index (κ1) is 21.9. The fraction of sp³-hybridized carbons (Fsp3) is 0.565. The molecule has 0 atom stereocenters. The van der Waals surface area contributed by atoms with E-state index in [-0.39, 0.29) is 0 Å². The highest BCUT2D eigenvalue weighted by atomic mass is 32.1.